The Morgan fingerprint density at radius 1 is 0.973 bits per heavy atom. The SMILES string of the molecule is O=C(Nc1cc(Nc2ncccc2-c2ncnc3nc[nH]c23)ccc1F)c1cccc(OC(F)(F)F)c1. The smallest absolute Gasteiger partial charge is 0.406 e. The van der Waals surface area contributed by atoms with Crippen LogP contribution in [-0.4, -0.2) is 37.2 Å². The van der Waals surface area contributed by atoms with Crippen LogP contribution in [0.5, 0.6) is 5.75 Å². The van der Waals surface area contributed by atoms with Crippen molar-refractivity contribution in [3.63, 3.8) is 0 Å². The summed E-state index contributed by atoms with van der Waals surface area (Å²) in [5, 5.41) is 5.44. The van der Waals surface area contributed by atoms with Crippen LogP contribution < -0.4 is 15.4 Å². The molecule has 0 saturated heterocycles. The number of ether oxygens (including phenoxy) is 1. The molecule has 3 N–H and O–H groups in total. The minimum Gasteiger partial charge on any atom is -0.406 e. The fourth-order valence-electron chi connectivity index (χ4n) is 3.53. The fourth-order valence-corrected chi connectivity index (χ4v) is 3.53. The molecule has 0 bridgehead atoms. The minimum absolute atomic E-state index is 0.154. The summed E-state index contributed by atoms with van der Waals surface area (Å²) < 4.78 is 55.8. The van der Waals surface area contributed by atoms with Crippen LogP contribution in [0.3, 0.4) is 0 Å². The van der Waals surface area contributed by atoms with Gasteiger partial charge in [-0.2, -0.15) is 0 Å². The van der Waals surface area contributed by atoms with Crippen LogP contribution in [0.25, 0.3) is 22.4 Å². The number of aromatic nitrogens is 5. The molecule has 186 valence electrons. The third-order valence-corrected chi connectivity index (χ3v) is 5.09. The van der Waals surface area contributed by atoms with Gasteiger partial charge in [-0.25, -0.2) is 24.3 Å². The number of H-pyrrole nitrogens is 1. The molecule has 3 heterocycles. The lowest BCUT2D eigenvalue weighted by Crippen LogP contribution is -2.18. The molecular weight excluding hydrogens is 494 g/mol. The van der Waals surface area contributed by atoms with Crippen LogP contribution in [0.4, 0.5) is 34.8 Å². The summed E-state index contributed by atoms with van der Waals surface area (Å²) in [5.41, 5.74) is 2.23. The molecule has 0 fully saturated rings. The number of benzene rings is 2. The average Bonchev–Trinajstić information content (AvgIpc) is 3.35. The number of nitrogens with zero attached hydrogens (tertiary/aromatic N) is 4. The number of fused-ring (bicyclic) bond motifs is 1. The first-order chi connectivity index (χ1) is 17.8. The van der Waals surface area contributed by atoms with E-state index >= 15 is 0 Å². The Morgan fingerprint density at radius 3 is 2.68 bits per heavy atom. The Hall–Kier alpha value is -5.07. The summed E-state index contributed by atoms with van der Waals surface area (Å²) in [6.07, 6.45) is -0.498. The lowest BCUT2D eigenvalue weighted by atomic mass is 10.1. The highest BCUT2D eigenvalue weighted by molar-refractivity contribution is 6.04. The van der Waals surface area contributed by atoms with E-state index in [0.29, 0.717) is 33.9 Å². The zero-order valence-electron chi connectivity index (χ0n) is 18.5. The van der Waals surface area contributed by atoms with Gasteiger partial charge in [-0.15, -0.1) is 13.2 Å². The summed E-state index contributed by atoms with van der Waals surface area (Å²) in [6, 6.07) is 11.8. The second-order valence-electron chi connectivity index (χ2n) is 7.57. The number of hydrogen-bond donors (Lipinski definition) is 3. The van der Waals surface area contributed by atoms with Crippen molar-refractivity contribution < 1.29 is 27.1 Å². The van der Waals surface area contributed by atoms with Gasteiger partial charge in [0.2, 0.25) is 0 Å². The Bertz CT molecular complexity index is 1600. The van der Waals surface area contributed by atoms with Crippen molar-refractivity contribution in [3.8, 4) is 17.0 Å². The molecule has 5 aromatic rings. The van der Waals surface area contributed by atoms with Crippen LogP contribution in [0.15, 0.2) is 73.4 Å². The van der Waals surface area contributed by atoms with Crippen LogP contribution in [-0.2, 0) is 0 Å². The highest BCUT2D eigenvalue weighted by Crippen LogP contribution is 2.31. The van der Waals surface area contributed by atoms with E-state index in [9.17, 15) is 22.4 Å². The largest absolute Gasteiger partial charge is 0.573 e. The van der Waals surface area contributed by atoms with Gasteiger partial charge in [-0.05, 0) is 48.5 Å². The molecule has 0 saturated carbocycles. The summed E-state index contributed by atoms with van der Waals surface area (Å²) >= 11 is 0. The standard InChI is InChI=1S/C24H15F4N7O2/c25-17-7-6-14(10-18(17)35-23(36)13-3-1-4-15(9-13)37-24(26,27)28)34-21-16(5-2-8-29-21)19-20-22(32-11-30-19)33-12-31-20/h1-12H,(H,29,34)(H,35,36)(H,30,31,32,33). The van der Waals surface area contributed by atoms with Gasteiger partial charge in [0, 0.05) is 23.0 Å². The van der Waals surface area contributed by atoms with Gasteiger partial charge < -0.3 is 20.4 Å². The van der Waals surface area contributed by atoms with Crippen molar-refractivity contribution in [2.24, 2.45) is 0 Å². The Morgan fingerprint density at radius 2 is 1.84 bits per heavy atom. The lowest BCUT2D eigenvalue weighted by molar-refractivity contribution is -0.274. The lowest BCUT2D eigenvalue weighted by Gasteiger charge is -2.13. The van der Waals surface area contributed by atoms with Gasteiger partial charge in [-0.1, -0.05) is 6.07 Å². The van der Waals surface area contributed by atoms with Crippen molar-refractivity contribution in [2.75, 3.05) is 10.6 Å². The van der Waals surface area contributed by atoms with Crippen molar-refractivity contribution in [1.29, 1.82) is 0 Å². The zero-order chi connectivity index (χ0) is 26.0. The van der Waals surface area contributed by atoms with E-state index in [-0.39, 0.29) is 11.3 Å². The van der Waals surface area contributed by atoms with E-state index in [4.69, 9.17) is 0 Å². The van der Waals surface area contributed by atoms with Crippen molar-refractivity contribution in [2.45, 2.75) is 6.36 Å². The number of halogens is 4. The molecule has 0 aliphatic heterocycles. The maximum absolute atomic E-state index is 14.5. The predicted octanol–water partition coefficient (Wildman–Crippen LogP) is 5.45. The summed E-state index contributed by atoms with van der Waals surface area (Å²) in [6.45, 7) is 0. The summed E-state index contributed by atoms with van der Waals surface area (Å²) in [5.74, 6) is -1.77. The van der Waals surface area contributed by atoms with Crippen LogP contribution in [0.2, 0.25) is 0 Å². The van der Waals surface area contributed by atoms with Gasteiger partial charge in [0.05, 0.1) is 12.0 Å². The molecule has 0 aliphatic carbocycles. The van der Waals surface area contributed by atoms with Crippen LogP contribution >= 0.6 is 0 Å². The number of amides is 1. The van der Waals surface area contributed by atoms with E-state index in [1.165, 1.54) is 36.9 Å². The number of imidazole rings is 1. The normalized spacial score (nSPS) is 11.4. The topological polar surface area (TPSA) is 118 Å². The zero-order valence-corrected chi connectivity index (χ0v) is 18.5. The van der Waals surface area contributed by atoms with Gasteiger partial charge >= 0.3 is 6.36 Å². The van der Waals surface area contributed by atoms with E-state index in [2.05, 4.69) is 40.3 Å². The number of carbonyl (C=O) groups excluding carboxylic acids is 1. The third kappa shape index (κ3) is 5.29. The van der Waals surface area contributed by atoms with Gasteiger partial charge in [0.1, 0.15) is 34.9 Å². The molecule has 1 amide bonds. The Kier molecular flexibility index (Phi) is 6.09. The summed E-state index contributed by atoms with van der Waals surface area (Å²) in [7, 11) is 0. The molecule has 0 radical (unpaired) electrons. The van der Waals surface area contributed by atoms with Crippen molar-refractivity contribution in [3.05, 3.63) is 84.8 Å². The number of carbonyl (C=O) groups is 1. The number of anilines is 3. The number of alkyl halides is 3. The second-order valence-corrected chi connectivity index (χ2v) is 7.57. The van der Waals surface area contributed by atoms with E-state index < -0.39 is 23.8 Å². The van der Waals surface area contributed by atoms with E-state index in [0.717, 1.165) is 18.2 Å². The molecule has 9 nitrogen and oxygen atoms in total. The van der Waals surface area contributed by atoms with Gasteiger partial charge in [0.15, 0.2) is 5.65 Å². The van der Waals surface area contributed by atoms with Gasteiger partial charge in [0.25, 0.3) is 5.91 Å². The highest BCUT2D eigenvalue weighted by atomic mass is 19.4. The monoisotopic (exact) mass is 509 g/mol. The first-order valence-electron chi connectivity index (χ1n) is 10.6. The summed E-state index contributed by atoms with van der Waals surface area (Å²) in [4.78, 5) is 32.5. The molecule has 5 rings (SSSR count). The molecular formula is C24H15F4N7O2. The number of rotatable bonds is 6. The number of hydrogen-bond acceptors (Lipinski definition) is 7. The Balaban J connectivity index is 1.40. The molecule has 3 aromatic heterocycles. The Labute approximate surface area is 205 Å². The quantitative estimate of drug-likeness (QED) is 0.261. The second kappa shape index (κ2) is 9.53. The fraction of sp³-hybridized carbons (Fsp3) is 0.0417. The van der Waals surface area contributed by atoms with E-state index in [1.54, 1.807) is 18.3 Å². The predicted molar refractivity (Wildman–Crippen MR) is 126 cm³/mol. The molecule has 2 aromatic carbocycles. The number of aromatic amines is 1. The van der Waals surface area contributed by atoms with Crippen LogP contribution in [0, 0.1) is 5.82 Å². The number of pyridine rings is 1. The highest BCUT2D eigenvalue weighted by Gasteiger charge is 2.31. The van der Waals surface area contributed by atoms with Crippen molar-refractivity contribution >= 4 is 34.3 Å². The molecule has 37 heavy (non-hydrogen) atoms. The maximum Gasteiger partial charge on any atom is 0.573 e. The maximum atomic E-state index is 14.5. The van der Waals surface area contributed by atoms with Crippen molar-refractivity contribution in [1.82, 2.24) is 24.9 Å². The third-order valence-electron chi connectivity index (χ3n) is 5.09. The number of nitrogens with one attached hydrogen (secondary N) is 3. The first-order valence-corrected chi connectivity index (χ1v) is 10.6. The first kappa shape index (κ1) is 23.7. The molecule has 0 spiro atoms. The molecule has 13 heteroatoms. The molecule has 0 aliphatic rings. The molecule has 0 atom stereocenters. The van der Waals surface area contributed by atoms with Gasteiger partial charge in [-0.3, -0.25) is 4.79 Å². The molecule has 0 unspecified atom stereocenters. The van der Waals surface area contributed by atoms with E-state index in [1.807, 2.05) is 0 Å². The minimum atomic E-state index is -4.92. The average molecular weight is 509 g/mol. The van der Waals surface area contributed by atoms with Crippen LogP contribution in [0.1, 0.15) is 10.4 Å².